The molecule has 0 saturated carbocycles. The van der Waals surface area contributed by atoms with Crippen molar-refractivity contribution in [3.05, 3.63) is 35.9 Å². The number of benzene rings is 1. The minimum Gasteiger partial charge on any atom is -0.465 e. The Morgan fingerprint density at radius 2 is 1.93 bits per heavy atom. The van der Waals surface area contributed by atoms with Crippen molar-refractivity contribution in [3.8, 4) is 0 Å². The summed E-state index contributed by atoms with van der Waals surface area (Å²) >= 11 is 0. The van der Waals surface area contributed by atoms with Gasteiger partial charge in [0, 0.05) is 0 Å². The van der Waals surface area contributed by atoms with E-state index in [2.05, 4.69) is 5.32 Å². The summed E-state index contributed by atoms with van der Waals surface area (Å²) in [7, 11) is 0. The molecule has 1 aromatic carbocycles. The van der Waals surface area contributed by atoms with Crippen LogP contribution >= 0.6 is 0 Å². The highest BCUT2D eigenvalue weighted by molar-refractivity contribution is 5.64. The summed E-state index contributed by atoms with van der Waals surface area (Å²) in [4.78, 5) is 10.3. The molecule has 0 aliphatic heterocycles. The molecule has 0 heterocycles. The number of hydrogen-bond donors (Lipinski definition) is 3. The van der Waals surface area contributed by atoms with Gasteiger partial charge in [0.25, 0.3) is 0 Å². The molecule has 1 amide bonds. The van der Waals surface area contributed by atoms with Crippen LogP contribution in [0.1, 0.15) is 18.6 Å². The Balaban J connectivity index is 2.65. The van der Waals surface area contributed by atoms with Crippen LogP contribution in [0.5, 0.6) is 0 Å². The van der Waals surface area contributed by atoms with Crippen molar-refractivity contribution < 1.29 is 15.0 Å². The van der Waals surface area contributed by atoms with E-state index in [1.807, 2.05) is 6.07 Å². The zero-order chi connectivity index (χ0) is 10.6. The van der Waals surface area contributed by atoms with Crippen molar-refractivity contribution in [2.24, 2.45) is 0 Å². The molecular weight excluding hydrogens is 182 g/mol. The van der Waals surface area contributed by atoms with Gasteiger partial charge in [0.2, 0.25) is 0 Å². The van der Waals surface area contributed by atoms with E-state index in [1.54, 1.807) is 31.2 Å². The molecule has 3 N–H and O–H groups in total. The lowest BCUT2D eigenvalue weighted by atomic mass is 10.0. The number of nitrogens with one attached hydrogen (secondary N) is 1. The highest BCUT2D eigenvalue weighted by atomic mass is 16.4. The lowest BCUT2D eigenvalue weighted by Gasteiger charge is -2.18. The van der Waals surface area contributed by atoms with Crippen LogP contribution in [-0.2, 0) is 0 Å². The Kier molecular flexibility index (Phi) is 3.48. The number of aliphatic hydroxyl groups excluding tert-OH is 1. The van der Waals surface area contributed by atoms with Gasteiger partial charge in [-0.15, -0.1) is 0 Å². The molecule has 1 rings (SSSR count). The maximum atomic E-state index is 10.3. The van der Waals surface area contributed by atoms with Gasteiger partial charge in [-0.1, -0.05) is 30.3 Å². The van der Waals surface area contributed by atoms with E-state index in [4.69, 9.17) is 5.11 Å². The summed E-state index contributed by atoms with van der Waals surface area (Å²) in [5.74, 6) is 0. The highest BCUT2D eigenvalue weighted by Crippen LogP contribution is 2.15. The molecule has 4 nitrogen and oxygen atoms in total. The second-order valence-corrected chi connectivity index (χ2v) is 3.09. The van der Waals surface area contributed by atoms with Crippen molar-refractivity contribution >= 4 is 6.09 Å². The summed E-state index contributed by atoms with van der Waals surface area (Å²) in [6, 6.07) is 8.42. The third-order valence-electron chi connectivity index (χ3n) is 1.97. The Labute approximate surface area is 82.2 Å². The smallest absolute Gasteiger partial charge is 0.404 e. The molecule has 0 saturated heterocycles. The molecule has 0 aliphatic carbocycles. The van der Waals surface area contributed by atoms with Crippen LogP contribution in [-0.4, -0.2) is 22.3 Å². The van der Waals surface area contributed by atoms with Gasteiger partial charge >= 0.3 is 6.09 Å². The van der Waals surface area contributed by atoms with Gasteiger partial charge in [-0.2, -0.15) is 0 Å². The maximum Gasteiger partial charge on any atom is 0.404 e. The first-order valence-electron chi connectivity index (χ1n) is 4.33. The molecule has 1 aromatic rings. The molecule has 76 valence electrons. The number of carboxylic acid groups (broad SMARTS) is 1. The van der Waals surface area contributed by atoms with Crippen LogP contribution in [0.4, 0.5) is 4.79 Å². The zero-order valence-corrected chi connectivity index (χ0v) is 7.84. The fourth-order valence-electron chi connectivity index (χ4n) is 1.21. The molecule has 0 aromatic heterocycles. The highest BCUT2D eigenvalue weighted by Gasteiger charge is 2.17. The minimum absolute atomic E-state index is 0.519. The van der Waals surface area contributed by atoms with Crippen molar-refractivity contribution in [1.29, 1.82) is 0 Å². The lowest BCUT2D eigenvalue weighted by molar-refractivity contribution is 0.127. The maximum absolute atomic E-state index is 10.3. The van der Waals surface area contributed by atoms with Gasteiger partial charge in [-0.25, -0.2) is 4.79 Å². The molecule has 0 aliphatic rings. The summed E-state index contributed by atoms with van der Waals surface area (Å²) in [6.45, 7) is 1.62. The average molecular weight is 195 g/mol. The predicted octanol–water partition coefficient (Wildman–Crippen LogP) is 1.38. The third-order valence-corrected chi connectivity index (χ3v) is 1.97. The second-order valence-electron chi connectivity index (χ2n) is 3.09. The van der Waals surface area contributed by atoms with E-state index in [0.29, 0.717) is 5.56 Å². The van der Waals surface area contributed by atoms with E-state index in [0.717, 1.165) is 0 Å². The van der Waals surface area contributed by atoms with Crippen LogP contribution in [0.25, 0.3) is 0 Å². The molecule has 0 spiro atoms. The third kappa shape index (κ3) is 2.74. The van der Waals surface area contributed by atoms with Crippen molar-refractivity contribution in [2.45, 2.75) is 19.1 Å². The van der Waals surface area contributed by atoms with E-state index in [9.17, 15) is 9.90 Å². The first-order chi connectivity index (χ1) is 6.61. The summed E-state index contributed by atoms with van der Waals surface area (Å²) < 4.78 is 0. The van der Waals surface area contributed by atoms with Crippen LogP contribution < -0.4 is 5.32 Å². The van der Waals surface area contributed by atoms with Crippen LogP contribution in [0.15, 0.2) is 30.3 Å². The van der Waals surface area contributed by atoms with Crippen LogP contribution in [0.3, 0.4) is 0 Å². The Morgan fingerprint density at radius 3 is 2.43 bits per heavy atom. The van der Waals surface area contributed by atoms with Gasteiger partial charge in [0.05, 0.1) is 12.1 Å². The topological polar surface area (TPSA) is 69.6 Å². The first kappa shape index (κ1) is 10.5. The molecule has 0 radical (unpaired) electrons. The number of carbonyl (C=O) groups is 1. The van der Waals surface area contributed by atoms with E-state index < -0.39 is 18.2 Å². The van der Waals surface area contributed by atoms with Gasteiger partial charge < -0.3 is 15.5 Å². The Hall–Kier alpha value is -1.55. The van der Waals surface area contributed by atoms with Gasteiger partial charge in [0.1, 0.15) is 0 Å². The van der Waals surface area contributed by atoms with Gasteiger partial charge in [-0.3, -0.25) is 0 Å². The molecule has 4 heteroatoms. The van der Waals surface area contributed by atoms with E-state index in [1.165, 1.54) is 0 Å². The summed E-state index contributed by atoms with van der Waals surface area (Å²) in [5, 5.41) is 20.4. The van der Waals surface area contributed by atoms with E-state index >= 15 is 0 Å². The molecule has 14 heavy (non-hydrogen) atoms. The predicted molar refractivity (Wildman–Crippen MR) is 52.0 cm³/mol. The molecule has 0 fully saturated rings. The normalized spacial score (nSPS) is 14.4. The van der Waals surface area contributed by atoms with Gasteiger partial charge in [-0.05, 0) is 12.5 Å². The number of aliphatic hydroxyl groups is 1. The Bertz CT molecular complexity index is 299. The first-order valence-corrected chi connectivity index (χ1v) is 4.33. The van der Waals surface area contributed by atoms with Crippen LogP contribution in [0.2, 0.25) is 0 Å². The summed E-state index contributed by atoms with van der Waals surface area (Å²) in [6.07, 6.45) is -1.94. The minimum atomic E-state index is -1.13. The molecular formula is C10H13NO3. The number of rotatable bonds is 3. The van der Waals surface area contributed by atoms with E-state index in [-0.39, 0.29) is 0 Å². The summed E-state index contributed by atoms with van der Waals surface area (Å²) in [5.41, 5.74) is 0.703. The number of hydrogen-bond acceptors (Lipinski definition) is 2. The largest absolute Gasteiger partial charge is 0.465 e. The van der Waals surface area contributed by atoms with Crippen molar-refractivity contribution in [1.82, 2.24) is 5.32 Å². The van der Waals surface area contributed by atoms with Gasteiger partial charge in [0.15, 0.2) is 0 Å². The fourth-order valence-corrected chi connectivity index (χ4v) is 1.21. The Morgan fingerprint density at radius 1 is 1.36 bits per heavy atom. The molecule has 1 unspecified atom stereocenters. The standard InChI is InChI=1S/C10H13NO3/c1-7(11-10(13)14)9(12)8-5-3-2-4-6-8/h2-7,9,11-12H,1H3,(H,13,14)/t7-,9?/m0/s1. The zero-order valence-electron chi connectivity index (χ0n) is 7.84. The SMILES string of the molecule is C[C@H](NC(=O)O)C(O)c1ccccc1. The van der Waals surface area contributed by atoms with Crippen LogP contribution in [0, 0.1) is 0 Å². The second kappa shape index (κ2) is 4.62. The lowest BCUT2D eigenvalue weighted by Crippen LogP contribution is -2.35. The van der Waals surface area contributed by atoms with Crippen molar-refractivity contribution in [3.63, 3.8) is 0 Å². The fraction of sp³-hybridized carbons (Fsp3) is 0.300. The number of amides is 1. The monoisotopic (exact) mass is 195 g/mol. The quantitative estimate of drug-likeness (QED) is 0.682. The average Bonchev–Trinajstić information content (AvgIpc) is 2.17. The van der Waals surface area contributed by atoms with Crippen molar-refractivity contribution in [2.75, 3.05) is 0 Å². The molecule has 2 atom stereocenters. The molecule has 0 bridgehead atoms.